The molecule has 0 aliphatic carbocycles. The highest BCUT2D eigenvalue weighted by atomic mass is 32.1. The second-order valence-corrected chi connectivity index (χ2v) is 7.99. The first-order chi connectivity index (χ1) is 15.1. The quantitative estimate of drug-likeness (QED) is 0.368. The number of aromatic nitrogens is 1. The minimum atomic E-state index is -0.189. The summed E-state index contributed by atoms with van der Waals surface area (Å²) in [7, 11) is 1.65. The van der Waals surface area contributed by atoms with Crippen LogP contribution in [0.25, 0.3) is 0 Å². The molecule has 31 heavy (non-hydrogen) atoms. The number of nitrogens with two attached hydrogens (primary N) is 1. The molecule has 1 heterocycles. The van der Waals surface area contributed by atoms with Crippen LogP contribution in [-0.4, -0.2) is 17.9 Å². The van der Waals surface area contributed by atoms with Crippen molar-refractivity contribution in [3.8, 4) is 5.75 Å². The fourth-order valence-electron chi connectivity index (χ4n) is 3.22. The fraction of sp³-hybridized carbons (Fsp3) is 0.120. The van der Waals surface area contributed by atoms with E-state index in [-0.39, 0.29) is 11.8 Å². The third-order valence-electron chi connectivity index (χ3n) is 4.95. The number of hydrogen-bond donors (Lipinski definition) is 2. The van der Waals surface area contributed by atoms with Crippen molar-refractivity contribution in [3.05, 3.63) is 107 Å². The SMILES string of the molecule is COc1ccc(CC(N)c2csc(Nc3ccc(C(=O)c4ccccc4)cc3)n2)cc1. The van der Waals surface area contributed by atoms with E-state index in [9.17, 15) is 4.79 Å². The number of thiazole rings is 1. The molecule has 0 aliphatic heterocycles. The van der Waals surface area contributed by atoms with E-state index < -0.39 is 0 Å². The predicted octanol–water partition coefficient (Wildman–Crippen LogP) is 5.37. The maximum absolute atomic E-state index is 12.5. The van der Waals surface area contributed by atoms with Crippen LogP contribution in [-0.2, 0) is 6.42 Å². The van der Waals surface area contributed by atoms with Gasteiger partial charge in [0.25, 0.3) is 0 Å². The minimum absolute atomic E-state index is 0.00758. The molecule has 0 saturated heterocycles. The molecule has 156 valence electrons. The van der Waals surface area contributed by atoms with Crippen molar-refractivity contribution in [2.75, 3.05) is 12.4 Å². The van der Waals surface area contributed by atoms with Crippen molar-refractivity contribution in [2.24, 2.45) is 5.73 Å². The second-order valence-electron chi connectivity index (χ2n) is 7.13. The minimum Gasteiger partial charge on any atom is -0.497 e. The first kappa shape index (κ1) is 20.8. The molecule has 1 aromatic heterocycles. The highest BCUT2D eigenvalue weighted by molar-refractivity contribution is 7.13. The van der Waals surface area contributed by atoms with Crippen molar-refractivity contribution in [1.29, 1.82) is 0 Å². The van der Waals surface area contributed by atoms with Crippen LogP contribution in [0.2, 0.25) is 0 Å². The van der Waals surface area contributed by atoms with Gasteiger partial charge in [-0.15, -0.1) is 11.3 Å². The van der Waals surface area contributed by atoms with Crippen LogP contribution in [0.15, 0.2) is 84.2 Å². The molecule has 5 nitrogen and oxygen atoms in total. The summed E-state index contributed by atoms with van der Waals surface area (Å²) >= 11 is 1.51. The van der Waals surface area contributed by atoms with Gasteiger partial charge in [-0.05, 0) is 48.4 Å². The molecule has 4 rings (SSSR count). The van der Waals surface area contributed by atoms with Gasteiger partial charge in [-0.25, -0.2) is 4.98 Å². The fourth-order valence-corrected chi connectivity index (χ4v) is 4.01. The highest BCUT2D eigenvalue weighted by Crippen LogP contribution is 2.26. The average Bonchev–Trinajstić information content (AvgIpc) is 3.29. The van der Waals surface area contributed by atoms with Crippen molar-refractivity contribution in [3.63, 3.8) is 0 Å². The standard InChI is InChI=1S/C25H23N3O2S/c1-30-21-13-7-17(8-14-21)15-22(26)23-16-31-25(28-23)27-20-11-9-19(10-12-20)24(29)18-5-3-2-4-6-18/h2-14,16,22H,15,26H2,1H3,(H,27,28). The molecule has 0 amide bonds. The van der Waals surface area contributed by atoms with Gasteiger partial charge in [0.15, 0.2) is 10.9 Å². The molecule has 0 radical (unpaired) electrons. The first-order valence-corrected chi connectivity index (χ1v) is 10.8. The van der Waals surface area contributed by atoms with Crippen LogP contribution < -0.4 is 15.8 Å². The number of methoxy groups -OCH3 is 1. The molecule has 3 N–H and O–H groups in total. The van der Waals surface area contributed by atoms with Gasteiger partial charge in [-0.1, -0.05) is 42.5 Å². The molecular formula is C25H23N3O2S. The van der Waals surface area contributed by atoms with Crippen molar-refractivity contribution >= 4 is 27.9 Å². The van der Waals surface area contributed by atoms with E-state index in [1.54, 1.807) is 7.11 Å². The lowest BCUT2D eigenvalue weighted by Gasteiger charge is -2.09. The van der Waals surface area contributed by atoms with Gasteiger partial charge < -0.3 is 15.8 Å². The number of ether oxygens (including phenoxy) is 1. The number of hydrogen-bond acceptors (Lipinski definition) is 6. The molecule has 0 fully saturated rings. The lowest BCUT2D eigenvalue weighted by atomic mass is 10.0. The summed E-state index contributed by atoms with van der Waals surface area (Å²) < 4.78 is 5.19. The van der Waals surface area contributed by atoms with Crippen LogP contribution in [0.5, 0.6) is 5.75 Å². The second kappa shape index (κ2) is 9.55. The van der Waals surface area contributed by atoms with E-state index in [2.05, 4.69) is 10.3 Å². The number of carbonyl (C=O) groups is 1. The summed E-state index contributed by atoms with van der Waals surface area (Å²) in [5.74, 6) is 0.835. The largest absolute Gasteiger partial charge is 0.497 e. The number of ketones is 1. The number of nitrogens with zero attached hydrogens (tertiary/aromatic N) is 1. The normalized spacial score (nSPS) is 11.7. The number of rotatable bonds is 8. The summed E-state index contributed by atoms with van der Waals surface area (Å²) in [6.45, 7) is 0. The van der Waals surface area contributed by atoms with Gasteiger partial charge in [0.1, 0.15) is 5.75 Å². The average molecular weight is 430 g/mol. The van der Waals surface area contributed by atoms with Gasteiger partial charge in [-0.3, -0.25) is 4.79 Å². The molecule has 0 saturated carbocycles. The summed E-state index contributed by atoms with van der Waals surface area (Å²) in [5, 5.41) is 6.03. The predicted molar refractivity (Wildman–Crippen MR) is 125 cm³/mol. The summed E-state index contributed by atoms with van der Waals surface area (Å²) in [6.07, 6.45) is 0.698. The van der Waals surface area contributed by atoms with Crippen LogP contribution in [0.4, 0.5) is 10.8 Å². The molecular weight excluding hydrogens is 406 g/mol. The molecule has 1 atom stereocenters. The maximum Gasteiger partial charge on any atom is 0.193 e. The Morgan fingerprint density at radius 2 is 1.68 bits per heavy atom. The summed E-state index contributed by atoms with van der Waals surface area (Å²) in [6, 6.07) is 24.4. The van der Waals surface area contributed by atoms with E-state index in [4.69, 9.17) is 10.5 Å². The molecule has 1 unspecified atom stereocenters. The van der Waals surface area contributed by atoms with E-state index in [1.165, 1.54) is 11.3 Å². The van der Waals surface area contributed by atoms with E-state index in [0.29, 0.717) is 17.5 Å². The Labute approximate surface area is 185 Å². The van der Waals surface area contributed by atoms with Crippen molar-refractivity contribution < 1.29 is 9.53 Å². The zero-order chi connectivity index (χ0) is 21.6. The van der Waals surface area contributed by atoms with Gasteiger partial charge in [-0.2, -0.15) is 0 Å². The van der Waals surface area contributed by atoms with E-state index >= 15 is 0 Å². The van der Waals surface area contributed by atoms with Gasteiger partial charge in [0.05, 0.1) is 18.8 Å². The molecule has 0 bridgehead atoms. The third kappa shape index (κ3) is 5.17. The molecule has 4 aromatic rings. The van der Waals surface area contributed by atoms with Crippen LogP contribution in [0.3, 0.4) is 0 Å². The highest BCUT2D eigenvalue weighted by Gasteiger charge is 2.13. The van der Waals surface area contributed by atoms with E-state index in [1.807, 2.05) is 84.2 Å². The Morgan fingerprint density at radius 1 is 1.00 bits per heavy atom. The summed E-state index contributed by atoms with van der Waals surface area (Å²) in [4.78, 5) is 17.2. The molecule has 0 spiro atoms. The Morgan fingerprint density at radius 3 is 2.35 bits per heavy atom. The molecule has 3 aromatic carbocycles. The number of carbonyl (C=O) groups excluding carboxylic acids is 1. The van der Waals surface area contributed by atoms with Crippen LogP contribution in [0.1, 0.15) is 33.2 Å². The van der Waals surface area contributed by atoms with Gasteiger partial charge in [0, 0.05) is 22.2 Å². The molecule has 0 aliphatic rings. The van der Waals surface area contributed by atoms with Gasteiger partial charge >= 0.3 is 0 Å². The monoisotopic (exact) mass is 429 g/mol. The lowest BCUT2D eigenvalue weighted by molar-refractivity contribution is 0.103. The Balaban J connectivity index is 1.38. The zero-order valence-electron chi connectivity index (χ0n) is 17.1. The van der Waals surface area contributed by atoms with Crippen LogP contribution in [0, 0.1) is 0 Å². The Bertz CT molecular complexity index is 1140. The smallest absolute Gasteiger partial charge is 0.193 e. The van der Waals surface area contributed by atoms with Crippen LogP contribution >= 0.6 is 11.3 Å². The van der Waals surface area contributed by atoms with Gasteiger partial charge in [0.2, 0.25) is 0 Å². The maximum atomic E-state index is 12.5. The zero-order valence-corrected chi connectivity index (χ0v) is 17.9. The first-order valence-electron chi connectivity index (χ1n) is 9.93. The number of benzene rings is 3. The summed E-state index contributed by atoms with van der Waals surface area (Å²) in [5.41, 5.74) is 10.5. The van der Waals surface area contributed by atoms with Crippen molar-refractivity contribution in [2.45, 2.75) is 12.5 Å². The topological polar surface area (TPSA) is 77.2 Å². The number of anilines is 2. The molecule has 6 heteroatoms. The number of nitrogens with one attached hydrogen (secondary N) is 1. The Kier molecular flexibility index (Phi) is 6.40. The third-order valence-corrected chi connectivity index (χ3v) is 5.73. The van der Waals surface area contributed by atoms with Crippen molar-refractivity contribution in [1.82, 2.24) is 4.98 Å². The van der Waals surface area contributed by atoms with E-state index in [0.717, 1.165) is 27.8 Å². The Hall–Kier alpha value is -3.48. The lowest BCUT2D eigenvalue weighted by Crippen LogP contribution is -2.13.